The summed E-state index contributed by atoms with van der Waals surface area (Å²) < 4.78 is 24.3. The van der Waals surface area contributed by atoms with Crippen molar-refractivity contribution in [2.75, 3.05) is 56.5 Å². The number of amides is 1. The van der Waals surface area contributed by atoms with Crippen molar-refractivity contribution in [3.63, 3.8) is 0 Å². The molecule has 234 valence electrons. The van der Waals surface area contributed by atoms with Crippen LogP contribution in [0.3, 0.4) is 0 Å². The summed E-state index contributed by atoms with van der Waals surface area (Å²) in [5.41, 5.74) is 0.849. The minimum Gasteiger partial charge on any atom is -0.451 e. The Morgan fingerprint density at radius 1 is 1.02 bits per heavy atom. The summed E-state index contributed by atoms with van der Waals surface area (Å²) in [5, 5.41) is 5.28. The predicted molar refractivity (Wildman–Crippen MR) is 176 cm³/mol. The van der Waals surface area contributed by atoms with Gasteiger partial charge in [-0.2, -0.15) is 0 Å². The molecule has 8 rings (SSSR count). The smallest absolute Gasteiger partial charge is 0.259 e. The maximum atomic E-state index is 16.0. The number of nitrogens with zero attached hydrogens (tertiary/aromatic N) is 6. The van der Waals surface area contributed by atoms with Crippen LogP contribution in [0.5, 0.6) is 11.5 Å². The Balaban J connectivity index is 1.21. The van der Waals surface area contributed by atoms with Gasteiger partial charge in [0.15, 0.2) is 17.3 Å². The molecule has 0 saturated carbocycles. The van der Waals surface area contributed by atoms with E-state index in [9.17, 15) is 9.59 Å². The fourth-order valence-electron chi connectivity index (χ4n) is 7.14. The number of ether oxygens (including phenoxy) is 1. The largest absolute Gasteiger partial charge is 0.451 e. The lowest BCUT2D eigenvalue weighted by Crippen LogP contribution is -2.50. The Labute approximate surface area is 265 Å². The Hall–Kier alpha value is -5.03. The molecule has 46 heavy (non-hydrogen) atoms. The van der Waals surface area contributed by atoms with Gasteiger partial charge in [-0.25, -0.2) is 14.4 Å². The van der Waals surface area contributed by atoms with E-state index >= 15 is 4.39 Å². The molecule has 2 saturated heterocycles. The molecular weight excluding hydrogens is 585 g/mol. The van der Waals surface area contributed by atoms with Crippen LogP contribution in [0.25, 0.3) is 27.4 Å². The number of halogens is 1. The molecule has 1 N–H and O–H groups in total. The standard InChI is InChI=1S/C35H34FN7O3/c1-40-15-4-7-23(40)11-14-37-29-27(36)20-25-31-33(29)46-28-10-9-22-6-2-3-8-24(22)30(28)43(31)21-26(32(25)44)34(45)41-16-18-42(19-17-41)35-38-12-5-13-39-35/h2-3,5-6,8-10,12-13,20-21,23,37H,4,7,11,14-19H2,1H3. The van der Waals surface area contributed by atoms with Gasteiger partial charge in [0.2, 0.25) is 11.4 Å². The number of piperazine rings is 1. The first kappa shape index (κ1) is 28.4. The number of benzene rings is 3. The molecule has 2 fully saturated rings. The molecule has 3 aromatic carbocycles. The van der Waals surface area contributed by atoms with Crippen molar-refractivity contribution in [3.05, 3.63) is 88.7 Å². The summed E-state index contributed by atoms with van der Waals surface area (Å²) in [7, 11) is 2.12. The number of carbonyl (C=O) groups is 1. The summed E-state index contributed by atoms with van der Waals surface area (Å²) in [4.78, 5) is 42.8. The van der Waals surface area contributed by atoms with Crippen LogP contribution in [-0.4, -0.2) is 82.6 Å². The van der Waals surface area contributed by atoms with Crippen molar-refractivity contribution in [2.24, 2.45) is 0 Å². The summed E-state index contributed by atoms with van der Waals surface area (Å²) in [6.07, 6.45) is 8.14. The van der Waals surface area contributed by atoms with E-state index in [1.165, 1.54) is 6.07 Å². The monoisotopic (exact) mass is 619 g/mol. The number of hydrogen-bond acceptors (Lipinski definition) is 8. The molecule has 0 spiro atoms. The molecule has 1 unspecified atom stereocenters. The number of pyridine rings is 1. The van der Waals surface area contributed by atoms with E-state index in [1.54, 1.807) is 29.6 Å². The zero-order valence-electron chi connectivity index (χ0n) is 25.6. The average Bonchev–Trinajstić information content (AvgIpc) is 3.51. The molecule has 10 nitrogen and oxygen atoms in total. The number of fused-ring (bicyclic) bond motifs is 4. The zero-order valence-corrected chi connectivity index (χ0v) is 25.6. The SMILES string of the molecule is CN1CCCC1CCNc1c(F)cc2c(=O)c(C(=O)N3CCN(c4ncccn4)CC3)cn3c2c1Oc1ccc2ccccc2c1-3. The average molecular weight is 620 g/mol. The minimum absolute atomic E-state index is 0.00646. The van der Waals surface area contributed by atoms with Crippen molar-refractivity contribution in [1.82, 2.24) is 24.3 Å². The van der Waals surface area contributed by atoms with Crippen molar-refractivity contribution in [1.29, 1.82) is 0 Å². The maximum Gasteiger partial charge on any atom is 0.259 e. The Morgan fingerprint density at radius 2 is 1.83 bits per heavy atom. The quantitative estimate of drug-likeness (QED) is 0.277. The van der Waals surface area contributed by atoms with Gasteiger partial charge in [-0.1, -0.05) is 30.3 Å². The van der Waals surface area contributed by atoms with Gasteiger partial charge in [-0.05, 0) is 56.4 Å². The highest BCUT2D eigenvalue weighted by molar-refractivity contribution is 6.04. The van der Waals surface area contributed by atoms with E-state index in [4.69, 9.17) is 4.74 Å². The zero-order chi connectivity index (χ0) is 31.4. The van der Waals surface area contributed by atoms with Crippen molar-refractivity contribution in [3.8, 4) is 17.2 Å². The highest BCUT2D eigenvalue weighted by Crippen LogP contribution is 2.47. The first-order valence-electron chi connectivity index (χ1n) is 15.8. The number of anilines is 2. The molecular formula is C35H34FN7O3. The van der Waals surface area contributed by atoms with E-state index < -0.39 is 11.2 Å². The number of rotatable bonds is 6. The maximum absolute atomic E-state index is 16.0. The molecule has 3 aliphatic heterocycles. The molecule has 2 aromatic heterocycles. The van der Waals surface area contributed by atoms with Crippen molar-refractivity contribution >= 4 is 39.2 Å². The fraction of sp³-hybridized carbons (Fsp3) is 0.314. The lowest BCUT2D eigenvalue weighted by molar-refractivity contribution is 0.0744. The van der Waals surface area contributed by atoms with Crippen LogP contribution in [-0.2, 0) is 0 Å². The first-order chi connectivity index (χ1) is 22.5. The molecule has 11 heteroatoms. The molecule has 5 aromatic rings. The van der Waals surface area contributed by atoms with Crippen molar-refractivity contribution < 1.29 is 13.9 Å². The second kappa shape index (κ2) is 11.4. The number of carbonyl (C=O) groups excluding carboxylic acids is 1. The van der Waals surface area contributed by atoms with Gasteiger partial charge in [-0.3, -0.25) is 9.59 Å². The molecule has 3 aliphatic rings. The van der Waals surface area contributed by atoms with Crippen LogP contribution >= 0.6 is 0 Å². The third-order valence-corrected chi connectivity index (χ3v) is 9.60. The molecule has 0 aliphatic carbocycles. The van der Waals surface area contributed by atoms with E-state index in [0.29, 0.717) is 61.7 Å². The normalized spacial score (nSPS) is 17.7. The van der Waals surface area contributed by atoms with E-state index in [0.717, 1.165) is 36.6 Å². The van der Waals surface area contributed by atoms with Crippen molar-refractivity contribution in [2.45, 2.75) is 25.3 Å². The summed E-state index contributed by atoms with van der Waals surface area (Å²) >= 11 is 0. The van der Waals surface area contributed by atoms with Gasteiger partial charge in [0, 0.05) is 62.7 Å². The topological polar surface area (TPSA) is 95.8 Å². The van der Waals surface area contributed by atoms with E-state index in [-0.39, 0.29) is 28.3 Å². The van der Waals surface area contributed by atoms with Crippen LogP contribution < -0.4 is 20.4 Å². The number of hydrogen-bond donors (Lipinski definition) is 1. The highest BCUT2D eigenvalue weighted by Gasteiger charge is 2.32. The van der Waals surface area contributed by atoms with Crippen LogP contribution in [0.1, 0.15) is 29.6 Å². The highest BCUT2D eigenvalue weighted by atomic mass is 19.1. The lowest BCUT2D eigenvalue weighted by atomic mass is 10.0. The van der Waals surface area contributed by atoms with E-state index in [2.05, 4.69) is 27.2 Å². The van der Waals surface area contributed by atoms with Gasteiger partial charge in [0.1, 0.15) is 16.8 Å². The third kappa shape index (κ3) is 4.73. The summed E-state index contributed by atoms with van der Waals surface area (Å²) in [6.45, 7) is 3.48. The van der Waals surface area contributed by atoms with Crippen LogP contribution in [0.2, 0.25) is 0 Å². The second-order valence-electron chi connectivity index (χ2n) is 12.3. The molecule has 1 amide bonds. The first-order valence-corrected chi connectivity index (χ1v) is 15.8. The summed E-state index contributed by atoms with van der Waals surface area (Å²) in [6, 6.07) is 15.2. The third-order valence-electron chi connectivity index (χ3n) is 9.60. The number of likely N-dealkylation sites (tertiary alicyclic amines) is 1. The molecule has 0 radical (unpaired) electrons. The molecule has 1 atom stereocenters. The minimum atomic E-state index is -0.587. The van der Waals surface area contributed by atoms with Gasteiger partial charge in [0.25, 0.3) is 5.91 Å². The lowest BCUT2D eigenvalue weighted by Gasteiger charge is -2.35. The number of aromatic nitrogens is 3. The molecule has 0 bridgehead atoms. The Kier molecular flexibility index (Phi) is 7.05. The second-order valence-corrected chi connectivity index (χ2v) is 12.3. The molecule has 5 heterocycles. The Morgan fingerprint density at radius 3 is 2.61 bits per heavy atom. The van der Waals surface area contributed by atoms with Gasteiger partial charge >= 0.3 is 0 Å². The number of nitrogens with one attached hydrogen (secondary N) is 1. The van der Waals surface area contributed by atoms with E-state index in [1.807, 2.05) is 45.9 Å². The summed E-state index contributed by atoms with van der Waals surface area (Å²) in [5.74, 6) is 0.412. The predicted octanol–water partition coefficient (Wildman–Crippen LogP) is 5.04. The Bertz CT molecular complexity index is 2040. The van der Waals surface area contributed by atoms with Crippen LogP contribution in [0.4, 0.5) is 16.0 Å². The fourth-order valence-corrected chi connectivity index (χ4v) is 7.14. The van der Waals surface area contributed by atoms with Crippen LogP contribution in [0, 0.1) is 5.82 Å². The van der Waals surface area contributed by atoms with Crippen LogP contribution in [0.15, 0.2) is 71.9 Å². The van der Waals surface area contributed by atoms with Gasteiger partial charge in [0.05, 0.1) is 11.1 Å². The van der Waals surface area contributed by atoms with Gasteiger partial charge < -0.3 is 29.3 Å². The van der Waals surface area contributed by atoms with Gasteiger partial charge in [-0.15, -0.1) is 0 Å².